The van der Waals surface area contributed by atoms with Crippen LogP contribution in [-0.4, -0.2) is 14.5 Å². The molecule has 0 saturated carbocycles. The Bertz CT molecular complexity index is 989. The molecule has 4 rings (SSSR count). The lowest BCUT2D eigenvalue weighted by atomic mass is 10.0. The van der Waals surface area contributed by atoms with Gasteiger partial charge in [-0.1, -0.05) is 18.2 Å². The van der Waals surface area contributed by atoms with E-state index in [-0.39, 0.29) is 0 Å². The van der Waals surface area contributed by atoms with Gasteiger partial charge in [-0.25, -0.2) is 4.98 Å². The molecule has 2 aromatic heterocycles. The first-order valence-electron chi connectivity index (χ1n) is 7.62. The molecular formula is C19H19N3. The van der Waals surface area contributed by atoms with E-state index < -0.39 is 0 Å². The van der Waals surface area contributed by atoms with Gasteiger partial charge in [0.25, 0.3) is 0 Å². The van der Waals surface area contributed by atoms with E-state index in [1.807, 2.05) is 0 Å². The Balaban J connectivity index is 1.95. The Morgan fingerprint density at radius 3 is 2.77 bits per heavy atom. The molecule has 0 aliphatic carbocycles. The van der Waals surface area contributed by atoms with E-state index >= 15 is 0 Å². The quantitative estimate of drug-likeness (QED) is 0.579. The summed E-state index contributed by atoms with van der Waals surface area (Å²) in [7, 11) is 0. The Labute approximate surface area is 129 Å². The predicted octanol–water partition coefficient (Wildman–Crippen LogP) is 4.49. The zero-order chi connectivity index (χ0) is 15.3. The number of benzene rings is 2. The maximum Gasteiger partial charge on any atom is 0.0931 e. The van der Waals surface area contributed by atoms with Gasteiger partial charge in [-0.3, -0.25) is 0 Å². The molecule has 110 valence electrons. The molecule has 0 bridgehead atoms. The molecule has 2 aromatic carbocycles. The molecule has 1 N–H and O–H groups in total. The maximum atomic E-state index is 4.43. The van der Waals surface area contributed by atoms with Gasteiger partial charge in [0.05, 0.1) is 23.9 Å². The molecule has 0 atom stereocenters. The van der Waals surface area contributed by atoms with Crippen LogP contribution < -0.4 is 0 Å². The second kappa shape index (κ2) is 4.73. The van der Waals surface area contributed by atoms with Crippen LogP contribution in [0.3, 0.4) is 0 Å². The zero-order valence-corrected chi connectivity index (χ0v) is 13.1. The average molecular weight is 289 g/mol. The van der Waals surface area contributed by atoms with Gasteiger partial charge >= 0.3 is 0 Å². The summed E-state index contributed by atoms with van der Waals surface area (Å²) in [5.74, 6) is 0. The number of hydrogen-bond donors (Lipinski definition) is 1. The van der Waals surface area contributed by atoms with Crippen molar-refractivity contribution < 1.29 is 0 Å². The van der Waals surface area contributed by atoms with Crippen LogP contribution in [0.2, 0.25) is 0 Å². The first-order valence-corrected chi connectivity index (χ1v) is 7.62. The Kier molecular flexibility index (Phi) is 2.83. The van der Waals surface area contributed by atoms with Gasteiger partial charge < -0.3 is 9.55 Å². The van der Waals surface area contributed by atoms with Gasteiger partial charge in [0.1, 0.15) is 0 Å². The van der Waals surface area contributed by atoms with Crippen molar-refractivity contribution in [3.05, 3.63) is 65.1 Å². The molecule has 0 spiro atoms. The van der Waals surface area contributed by atoms with E-state index in [2.05, 4.69) is 71.7 Å². The van der Waals surface area contributed by atoms with Crippen LogP contribution in [0.15, 0.2) is 42.7 Å². The van der Waals surface area contributed by atoms with Crippen molar-refractivity contribution in [1.82, 2.24) is 14.5 Å². The summed E-state index contributed by atoms with van der Waals surface area (Å²) in [6.07, 6.45) is 1.79. The number of nitrogens with zero attached hydrogens (tertiary/aromatic N) is 2. The Hall–Kier alpha value is -2.55. The van der Waals surface area contributed by atoms with Crippen LogP contribution in [-0.2, 0) is 6.54 Å². The number of para-hydroxylation sites is 1. The van der Waals surface area contributed by atoms with E-state index in [4.69, 9.17) is 0 Å². The number of rotatable bonds is 2. The van der Waals surface area contributed by atoms with Gasteiger partial charge in [0, 0.05) is 16.8 Å². The lowest BCUT2D eigenvalue weighted by Crippen LogP contribution is -2.05. The SMILES string of the molecule is Cc1cc2nc[nH]c2c(Cn2c(C)cc3ccccc32)c1C. The van der Waals surface area contributed by atoms with E-state index in [1.165, 1.54) is 33.3 Å². The minimum Gasteiger partial charge on any atom is -0.344 e. The smallest absolute Gasteiger partial charge is 0.0931 e. The highest BCUT2D eigenvalue weighted by Crippen LogP contribution is 2.27. The molecule has 3 heteroatoms. The lowest BCUT2D eigenvalue weighted by Gasteiger charge is -2.14. The number of H-pyrrole nitrogens is 1. The number of aryl methyl sites for hydroxylation is 2. The molecule has 0 fully saturated rings. The molecule has 0 radical (unpaired) electrons. The second-order valence-electron chi connectivity index (χ2n) is 6.02. The molecular weight excluding hydrogens is 270 g/mol. The number of hydrogen-bond acceptors (Lipinski definition) is 1. The summed E-state index contributed by atoms with van der Waals surface area (Å²) in [6, 6.07) is 13.0. The molecule has 2 heterocycles. The molecule has 4 aromatic rings. The number of aromatic nitrogens is 3. The van der Waals surface area contributed by atoms with E-state index in [0.717, 1.165) is 17.6 Å². The largest absolute Gasteiger partial charge is 0.344 e. The molecule has 0 aliphatic heterocycles. The third-order valence-corrected chi connectivity index (χ3v) is 4.70. The number of nitrogens with one attached hydrogen (secondary N) is 1. The van der Waals surface area contributed by atoms with Gasteiger partial charge in [-0.15, -0.1) is 0 Å². The predicted molar refractivity (Wildman–Crippen MR) is 91.3 cm³/mol. The summed E-state index contributed by atoms with van der Waals surface area (Å²) in [6.45, 7) is 7.40. The fraction of sp³-hybridized carbons (Fsp3) is 0.211. The normalized spacial score (nSPS) is 11.6. The summed E-state index contributed by atoms with van der Waals surface area (Å²) in [5, 5.41) is 1.30. The minimum atomic E-state index is 0.867. The summed E-state index contributed by atoms with van der Waals surface area (Å²) in [4.78, 5) is 7.74. The fourth-order valence-electron chi connectivity index (χ4n) is 3.31. The first kappa shape index (κ1) is 13.1. The van der Waals surface area contributed by atoms with Crippen molar-refractivity contribution in [2.45, 2.75) is 27.3 Å². The van der Waals surface area contributed by atoms with Crippen molar-refractivity contribution in [1.29, 1.82) is 0 Å². The highest BCUT2D eigenvalue weighted by Gasteiger charge is 2.13. The van der Waals surface area contributed by atoms with E-state index in [9.17, 15) is 0 Å². The maximum absolute atomic E-state index is 4.43. The standard InChI is InChI=1S/C19H19N3/c1-12-8-17-19(21-11-20-17)16(14(12)3)10-22-13(2)9-15-6-4-5-7-18(15)22/h4-9,11H,10H2,1-3H3,(H,20,21). The summed E-state index contributed by atoms with van der Waals surface area (Å²) >= 11 is 0. The minimum absolute atomic E-state index is 0.867. The van der Waals surface area contributed by atoms with Crippen LogP contribution in [0.5, 0.6) is 0 Å². The zero-order valence-electron chi connectivity index (χ0n) is 13.1. The highest BCUT2D eigenvalue weighted by atomic mass is 15.0. The van der Waals surface area contributed by atoms with Gasteiger partial charge in [0.15, 0.2) is 0 Å². The van der Waals surface area contributed by atoms with Crippen molar-refractivity contribution in [2.75, 3.05) is 0 Å². The van der Waals surface area contributed by atoms with Gasteiger partial charge in [-0.05, 0) is 55.5 Å². The number of aromatic amines is 1. The van der Waals surface area contributed by atoms with Crippen molar-refractivity contribution in [3.63, 3.8) is 0 Å². The van der Waals surface area contributed by atoms with Crippen molar-refractivity contribution in [3.8, 4) is 0 Å². The van der Waals surface area contributed by atoms with Crippen molar-refractivity contribution in [2.24, 2.45) is 0 Å². The van der Waals surface area contributed by atoms with Crippen LogP contribution in [0.4, 0.5) is 0 Å². The molecule has 22 heavy (non-hydrogen) atoms. The molecule has 0 unspecified atom stereocenters. The topological polar surface area (TPSA) is 33.6 Å². The van der Waals surface area contributed by atoms with Crippen LogP contribution in [0.1, 0.15) is 22.4 Å². The number of fused-ring (bicyclic) bond motifs is 2. The van der Waals surface area contributed by atoms with E-state index in [1.54, 1.807) is 6.33 Å². The van der Waals surface area contributed by atoms with Crippen LogP contribution in [0.25, 0.3) is 21.9 Å². The Morgan fingerprint density at radius 2 is 1.91 bits per heavy atom. The molecule has 0 aliphatic rings. The van der Waals surface area contributed by atoms with Crippen molar-refractivity contribution >= 4 is 21.9 Å². The van der Waals surface area contributed by atoms with Crippen LogP contribution >= 0.6 is 0 Å². The van der Waals surface area contributed by atoms with Gasteiger partial charge in [-0.2, -0.15) is 0 Å². The molecule has 3 nitrogen and oxygen atoms in total. The Morgan fingerprint density at radius 1 is 1.09 bits per heavy atom. The average Bonchev–Trinajstić information content (AvgIpc) is 3.08. The third kappa shape index (κ3) is 1.86. The monoisotopic (exact) mass is 289 g/mol. The van der Waals surface area contributed by atoms with Crippen LogP contribution in [0, 0.1) is 20.8 Å². The molecule has 0 saturated heterocycles. The van der Waals surface area contributed by atoms with Gasteiger partial charge in [0.2, 0.25) is 0 Å². The third-order valence-electron chi connectivity index (χ3n) is 4.70. The second-order valence-corrected chi connectivity index (χ2v) is 6.02. The number of imidazole rings is 1. The fourth-order valence-corrected chi connectivity index (χ4v) is 3.31. The highest BCUT2D eigenvalue weighted by molar-refractivity contribution is 5.83. The van der Waals surface area contributed by atoms with E-state index in [0.29, 0.717) is 0 Å². The summed E-state index contributed by atoms with van der Waals surface area (Å²) < 4.78 is 2.39. The summed E-state index contributed by atoms with van der Waals surface area (Å²) in [5.41, 5.74) is 8.74. The molecule has 0 amide bonds. The lowest BCUT2D eigenvalue weighted by molar-refractivity contribution is 0.803. The first-order chi connectivity index (χ1) is 10.6.